The van der Waals surface area contributed by atoms with E-state index in [9.17, 15) is 9.18 Å². The van der Waals surface area contributed by atoms with Crippen molar-refractivity contribution < 1.29 is 13.7 Å². The molecule has 0 fully saturated rings. The van der Waals surface area contributed by atoms with Gasteiger partial charge in [-0.1, -0.05) is 48.8 Å². The molecule has 0 unspecified atom stereocenters. The smallest absolute Gasteiger partial charge is 0.227 e. The number of aryl methyl sites for hydroxylation is 2. The van der Waals surface area contributed by atoms with Crippen molar-refractivity contribution in [1.29, 1.82) is 0 Å². The summed E-state index contributed by atoms with van der Waals surface area (Å²) in [5.41, 5.74) is 2.89. The lowest BCUT2D eigenvalue weighted by molar-refractivity contribution is -0.121. The lowest BCUT2D eigenvalue weighted by Crippen LogP contribution is -2.36. The average molecular weight is 381 g/mol. The Morgan fingerprint density at radius 2 is 1.93 bits per heavy atom. The Hall–Kier alpha value is -3.02. The highest BCUT2D eigenvalue weighted by atomic mass is 19.1. The van der Waals surface area contributed by atoms with Crippen molar-refractivity contribution in [3.05, 3.63) is 71.4 Å². The lowest BCUT2D eigenvalue weighted by Gasteiger charge is -2.26. The van der Waals surface area contributed by atoms with Crippen molar-refractivity contribution in [3.63, 3.8) is 0 Å². The van der Waals surface area contributed by atoms with Crippen molar-refractivity contribution in [2.24, 2.45) is 0 Å². The molecule has 28 heavy (non-hydrogen) atoms. The third kappa shape index (κ3) is 5.03. The molecule has 1 heterocycles. The van der Waals surface area contributed by atoms with Gasteiger partial charge in [-0.2, -0.15) is 4.98 Å². The molecule has 2 aromatic carbocycles. The number of nitrogens with zero attached hydrogens (tertiary/aromatic N) is 2. The van der Waals surface area contributed by atoms with Crippen LogP contribution in [0.3, 0.4) is 0 Å². The third-order valence-corrected chi connectivity index (χ3v) is 4.66. The normalized spacial score (nSPS) is 11.4. The lowest BCUT2D eigenvalue weighted by atomic mass is 9.84. The summed E-state index contributed by atoms with van der Waals surface area (Å²) in [6.07, 6.45) is 0.611. The van der Waals surface area contributed by atoms with Gasteiger partial charge in [0.1, 0.15) is 5.82 Å². The van der Waals surface area contributed by atoms with E-state index in [1.807, 2.05) is 6.07 Å². The van der Waals surface area contributed by atoms with E-state index in [4.69, 9.17) is 4.52 Å². The van der Waals surface area contributed by atoms with Gasteiger partial charge in [-0.05, 0) is 36.8 Å². The van der Waals surface area contributed by atoms with Crippen LogP contribution in [0.4, 0.5) is 4.39 Å². The molecule has 6 heteroatoms. The standard InChI is InChI=1S/C22H24FN3O2/c1-15-5-4-6-17(13-15)22(2,3)14-24-19(27)11-12-20-25-21(26-28-20)16-7-9-18(23)10-8-16/h4-10,13H,11-12,14H2,1-3H3,(H,24,27). The summed E-state index contributed by atoms with van der Waals surface area (Å²) in [5, 5.41) is 6.87. The van der Waals surface area contributed by atoms with Crippen LogP contribution in [-0.2, 0) is 16.6 Å². The molecule has 0 saturated heterocycles. The first-order chi connectivity index (χ1) is 13.3. The topological polar surface area (TPSA) is 68.0 Å². The van der Waals surface area contributed by atoms with E-state index in [1.54, 1.807) is 12.1 Å². The Balaban J connectivity index is 1.51. The Labute approximate surface area is 164 Å². The molecule has 0 radical (unpaired) electrons. The Bertz CT molecular complexity index is 948. The van der Waals surface area contributed by atoms with Crippen LogP contribution in [0.1, 0.15) is 37.3 Å². The number of benzene rings is 2. The summed E-state index contributed by atoms with van der Waals surface area (Å²) in [4.78, 5) is 16.5. The fourth-order valence-corrected chi connectivity index (χ4v) is 2.87. The first-order valence-electron chi connectivity index (χ1n) is 9.26. The highest BCUT2D eigenvalue weighted by molar-refractivity contribution is 5.76. The Morgan fingerprint density at radius 1 is 1.18 bits per heavy atom. The van der Waals surface area contributed by atoms with E-state index >= 15 is 0 Å². The number of halogens is 1. The third-order valence-electron chi connectivity index (χ3n) is 4.66. The molecule has 1 amide bonds. The molecule has 0 aliphatic carbocycles. The number of rotatable bonds is 7. The second kappa shape index (κ2) is 8.33. The fraction of sp³-hybridized carbons (Fsp3) is 0.318. The number of hydrogen-bond donors (Lipinski definition) is 1. The van der Waals surface area contributed by atoms with Gasteiger partial charge in [0.2, 0.25) is 17.6 Å². The number of carbonyl (C=O) groups excluding carboxylic acids is 1. The van der Waals surface area contributed by atoms with E-state index in [0.717, 1.165) is 0 Å². The zero-order valence-corrected chi connectivity index (χ0v) is 16.3. The van der Waals surface area contributed by atoms with Gasteiger partial charge in [-0.25, -0.2) is 4.39 Å². The molecule has 0 saturated carbocycles. The van der Waals surface area contributed by atoms with Gasteiger partial charge in [0.25, 0.3) is 0 Å². The predicted octanol–water partition coefficient (Wildman–Crippen LogP) is 4.21. The summed E-state index contributed by atoms with van der Waals surface area (Å²) in [5.74, 6) is 0.378. The van der Waals surface area contributed by atoms with Gasteiger partial charge in [0.05, 0.1) is 0 Å². The monoisotopic (exact) mass is 381 g/mol. The number of amides is 1. The first kappa shape index (κ1) is 19.7. The SMILES string of the molecule is Cc1cccc(C(C)(C)CNC(=O)CCc2nc(-c3ccc(F)cc3)no2)c1. The zero-order valence-electron chi connectivity index (χ0n) is 16.3. The van der Waals surface area contributed by atoms with Gasteiger partial charge in [0.15, 0.2) is 0 Å². The maximum absolute atomic E-state index is 13.0. The van der Waals surface area contributed by atoms with Crippen molar-refractivity contribution >= 4 is 5.91 Å². The Morgan fingerprint density at radius 3 is 2.64 bits per heavy atom. The molecule has 3 aromatic rings. The molecule has 0 atom stereocenters. The van der Waals surface area contributed by atoms with Gasteiger partial charge >= 0.3 is 0 Å². The van der Waals surface area contributed by atoms with Gasteiger partial charge in [0, 0.05) is 30.4 Å². The molecular weight excluding hydrogens is 357 g/mol. The molecule has 0 aliphatic heterocycles. The van der Waals surface area contributed by atoms with E-state index in [2.05, 4.69) is 54.4 Å². The minimum absolute atomic E-state index is 0.0674. The van der Waals surface area contributed by atoms with Gasteiger partial charge in [-0.3, -0.25) is 4.79 Å². The maximum Gasteiger partial charge on any atom is 0.227 e. The summed E-state index contributed by atoms with van der Waals surface area (Å²) >= 11 is 0. The molecule has 146 valence electrons. The first-order valence-corrected chi connectivity index (χ1v) is 9.26. The largest absolute Gasteiger partial charge is 0.355 e. The van der Waals surface area contributed by atoms with E-state index < -0.39 is 0 Å². The minimum Gasteiger partial charge on any atom is -0.355 e. The maximum atomic E-state index is 13.0. The molecule has 0 bridgehead atoms. The summed E-state index contributed by atoms with van der Waals surface area (Å²) < 4.78 is 18.2. The Kier molecular flexibility index (Phi) is 5.87. The van der Waals surface area contributed by atoms with Crippen LogP contribution in [-0.4, -0.2) is 22.6 Å². The predicted molar refractivity (Wildman–Crippen MR) is 105 cm³/mol. The number of aromatic nitrogens is 2. The van der Waals surface area contributed by atoms with Crippen LogP contribution in [0, 0.1) is 12.7 Å². The van der Waals surface area contributed by atoms with Gasteiger partial charge in [-0.15, -0.1) is 0 Å². The van der Waals surface area contributed by atoms with Crippen molar-refractivity contribution in [2.45, 2.75) is 39.0 Å². The van der Waals surface area contributed by atoms with Crippen LogP contribution in [0.2, 0.25) is 0 Å². The van der Waals surface area contributed by atoms with Crippen molar-refractivity contribution in [3.8, 4) is 11.4 Å². The van der Waals surface area contributed by atoms with Crippen molar-refractivity contribution in [1.82, 2.24) is 15.5 Å². The van der Waals surface area contributed by atoms with Crippen LogP contribution in [0.25, 0.3) is 11.4 Å². The zero-order chi connectivity index (χ0) is 20.1. The summed E-state index contributed by atoms with van der Waals surface area (Å²) in [6, 6.07) is 14.2. The molecule has 5 nitrogen and oxygen atoms in total. The van der Waals surface area contributed by atoms with Crippen LogP contribution >= 0.6 is 0 Å². The number of hydrogen-bond acceptors (Lipinski definition) is 4. The number of nitrogens with one attached hydrogen (secondary N) is 1. The van der Waals surface area contributed by atoms with Crippen LogP contribution in [0.15, 0.2) is 53.1 Å². The molecule has 1 N–H and O–H groups in total. The average Bonchev–Trinajstić information content (AvgIpc) is 3.14. The molecule has 0 spiro atoms. The number of carbonyl (C=O) groups is 1. The van der Waals surface area contributed by atoms with Crippen LogP contribution in [0.5, 0.6) is 0 Å². The molecule has 1 aromatic heterocycles. The second-order valence-corrected chi connectivity index (χ2v) is 7.55. The minimum atomic E-state index is -0.322. The van der Waals surface area contributed by atoms with E-state index in [-0.39, 0.29) is 23.6 Å². The fourth-order valence-electron chi connectivity index (χ4n) is 2.87. The van der Waals surface area contributed by atoms with E-state index in [1.165, 1.54) is 23.3 Å². The quantitative estimate of drug-likeness (QED) is 0.666. The molecule has 0 aliphatic rings. The van der Waals surface area contributed by atoms with Crippen LogP contribution < -0.4 is 5.32 Å². The summed E-state index contributed by atoms with van der Waals surface area (Å²) in [6.45, 7) is 6.81. The summed E-state index contributed by atoms with van der Waals surface area (Å²) in [7, 11) is 0. The molecular formula is C22H24FN3O2. The second-order valence-electron chi connectivity index (χ2n) is 7.55. The highest BCUT2D eigenvalue weighted by Crippen LogP contribution is 2.23. The van der Waals surface area contributed by atoms with Gasteiger partial charge < -0.3 is 9.84 Å². The highest BCUT2D eigenvalue weighted by Gasteiger charge is 2.21. The molecule has 3 rings (SSSR count). The van der Waals surface area contributed by atoms with Crippen molar-refractivity contribution in [2.75, 3.05) is 6.54 Å². The van der Waals surface area contributed by atoms with E-state index in [0.29, 0.717) is 30.2 Å².